The smallest absolute Gasteiger partial charge is 0.145 e. The van der Waals surface area contributed by atoms with Crippen LogP contribution in [-0.4, -0.2) is 23.6 Å². The standard InChI is InChI=1S/C16H17N3OS/c1-11-8-18-16-13(4-3-5-14(16)20-2)15(11)17-7-6-12-9-21-10-19-12/h3-5,8-10H,6-7H2,1-2H3,(H,17,18). The molecule has 5 heteroatoms. The maximum Gasteiger partial charge on any atom is 0.145 e. The summed E-state index contributed by atoms with van der Waals surface area (Å²) in [7, 11) is 1.67. The normalized spacial score (nSPS) is 10.8. The van der Waals surface area contributed by atoms with E-state index in [1.165, 1.54) is 0 Å². The molecule has 0 fully saturated rings. The highest BCUT2D eigenvalue weighted by Crippen LogP contribution is 2.30. The van der Waals surface area contributed by atoms with E-state index in [1.807, 2.05) is 23.8 Å². The first-order chi connectivity index (χ1) is 10.3. The van der Waals surface area contributed by atoms with Gasteiger partial charge in [-0.15, -0.1) is 11.3 Å². The van der Waals surface area contributed by atoms with E-state index in [4.69, 9.17) is 4.74 Å². The predicted molar refractivity (Wildman–Crippen MR) is 87.3 cm³/mol. The number of pyridine rings is 1. The Morgan fingerprint density at radius 3 is 2.95 bits per heavy atom. The zero-order chi connectivity index (χ0) is 14.7. The Morgan fingerprint density at radius 1 is 1.29 bits per heavy atom. The molecule has 0 radical (unpaired) electrons. The number of rotatable bonds is 5. The summed E-state index contributed by atoms with van der Waals surface area (Å²) in [5.74, 6) is 0.801. The number of nitrogens with zero attached hydrogens (tertiary/aromatic N) is 2. The zero-order valence-corrected chi connectivity index (χ0v) is 12.9. The number of aryl methyl sites for hydroxylation is 1. The summed E-state index contributed by atoms with van der Waals surface area (Å²) < 4.78 is 5.39. The topological polar surface area (TPSA) is 47.0 Å². The lowest BCUT2D eigenvalue weighted by atomic mass is 10.1. The predicted octanol–water partition coefficient (Wildman–Crippen LogP) is 3.66. The third kappa shape index (κ3) is 2.83. The molecule has 0 atom stereocenters. The summed E-state index contributed by atoms with van der Waals surface area (Å²) >= 11 is 1.63. The molecular formula is C16H17N3OS. The number of hydrogen-bond donors (Lipinski definition) is 1. The van der Waals surface area contributed by atoms with Crippen LogP contribution in [0.1, 0.15) is 11.3 Å². The van der Waals surface area contributed by atoms with Crippen molar-refractivity contribution >= 4 is 27.9 Å². The van der Waals surface area contributed by atoms with Gasteiger partial charge in [0.1, 0.15) is 11.3 Å². The molecule has 1 aromatic carbocycles. The van der Waals surface area contributed by atoms with Crippen molar-refractivity contribution in [3.05, 3.63) is 46.5 Å². The van der Waals surface area contributed by atoms with Gasteiger partial charge in [-0.25, -0.2) is 4.98 Å². The number of ether oxygens (including phenoxy) is 1. The Morgan fingerprint density at radius 2 is 2.19 bits per heavy atom. The van der Waals surface area contributed by atoms with E-state index >= 15 is 0 Å². The molecule has 3 aromatic rings. The summed E-state index contributed by atoms with van der Waals surface area (Å²) in [4.78, 5) is 8.80. The molecule has 0 unspecified atom stereocenters. The number of fused-ring (bicyclic) bond motifs is 1. The van der Waals surface area contributed by atoms with Gasteiger partial charge in [-0.05, 0) is 18.6 Å². The lowest BCUT2D eigenvalue weighted by molar-refractivity contribution is 0.419. The number of para-hydroxylation sites is 1. The van der Waals surface area contributed by atoms with Crippen LogP contribution in [0.25, 0.3) is 10.9 Å². The molecule has 0 spiro atoms. The van der Waals surface area contributed by atoms with Crippen molar-refractivity contribution in [2.24, 2.45) is 0 Å². The molecule has 21 heavy (non-hydrogen) atoms. The fourth-order valence-corrected chi connectivity index (χ4v) is 2.96. The fraction of sp³-hybridized carbons (Fsp3) is 0.250. The molecule has 0 aliphatic heterocycles. The molecule has 2 heterocycles. The second kappa shape index (κ2) is 6.10. The highest BCUT2D eigenvalue weighted by atomic mass is 32.1. The Bertz CT molecular complexity index is 741. The quantitative estimate of drug-likeness (QED) is 0.781. The zero-order valence-electron chi connectivity index (χ0n) is 12.1. The van der Waals surface area contributed by atoms with Crippen LogP contribution in [0.4, 0.5) is 5.69 Å². The second-order valence-corrected chi connectivity index (χ2v) is 5.55. The number of hydrogen-bond acceptors (Lipinski definition) is 5. The number of benzene rings is 1. The van der Waals surface area contributed by atoms with Gasteiger partial charge in [-0.3, -0.25) is 4.98 Å². The van der Waals surface area contributed by atoms with Gasteiger partial charge in [0.15, 0.2) is 0 Å². The molecular weight excluding hydrogens is 282 g/mol. The van der Waals surface area contributed by atoms with E-state index < -0.39 is 0 Å². The lowest BCUT2D eigenvalue weighted by Gasteiger charge is -2.13. The lowest BCUT2D eigenvalue weighted by Crippen LogP contribution is -2.07. The SMILES string of the molecule is COc1cccc2c(NCCc3cscn3)c(C)cnc12. The van der Waals surface area contributed by atoms with Gasteiger partial charge in [-0.2, -0.15) is 0 Å². The maximum absolute atomic E-state index is 5.39. The average molecular weight is 299 g/mol. The van der Waals surface area contributed by atoms with Gasteiger partial charge in [-0.1, -0.05) is 12.1 Å². The Labute approximate surface area is 127 Å². The average Bonchev–Trinajstić information content (AvgIpc) is 3.02. The third-order valence-corrected chi connectivity index (χ3v) is 4.07. The van der Waals surface area contributed by atoms with Crippen LogP contribution in [-0.2, 0) is 6.42 Å². The van der Waals surface area contributed by atoms with Crippen LogP contribution in [0.15, 0.2) is 35.3 Å². The monoisotopic (exact) mass is 299 g/mol. The third-order valence-electron chi connectivity index (χ3n) is 3.44. The van der Waals surface area contributed by atoms with E-state index in [0.717, 1.165) is 46.6 Å². The van der Waals surface area contributed by atoms with Gasteiger partial charge in [0.05, 0.1) is 18.3 Å². The molecule has 0 saturated carbocycles. The van der Waals surface area contributed by atoms with Gasteiger partial charge >= 0.3 is 0 Å². The first-order valence-electron chi connectivity index (χ1n) is 6.83. The summed E-state index contributed by atoms with van der Waals surface area (Å²) in [6.07, 6.45) is 2.80. The van der Waals surface area contributed by atoms with Gasteiger partial charge in [0, 0.05) is 35.6 Å². The van der Waals surface area contributed by atoms with E-state index in [1.54, 1.807) is 18.4 Å². The van der Waals surface area contributed by atoms with E-state index in [9.17, 15) is 0 Å². The van der Waals surface area contributed by atoms with Crippen molar-refractivity contribution in [1.82, 2.24) is 9.97 Å². The Kier molecular flexibility index (Phi) is 4.01. The van der Waals surface area contributed by atoms with Gasteiger partial charge in [0.2, 0.25) is 0 Å². The van der Waals surface area contributed by atoms with Crippen LogP contribution in [0.2, 0.25) is 0 Å². The first kappa shape index (κ1) is 13.8. The summed E-state index contributed by atoms with van der Waals surface area (Å²) in [6, 6.07) is 6.00. The molecule has 0 aliphatic carbocycles. The van der Waals surface area contributed by atoms with Crippen molar-refractivity contribution in [2.45, 2.75) is 13.3 Å². The van der Waals surface area contributed by atoms with E-state index in [-0.39, 0.29) is 0 Å². The fourth-order valence-electron chi connectivity index (χ4n) is 2.37. The highest BCUT2D eigenvalue weighted by Gasteiger charge is 2.09. The summed E-state index contributed by atoms with van der Waals surface area (Å²) in [6.45, 7) is 2.91. The van der Waals surface area contributed by atoms with Crippen molar-refractivity contribution in [1.29, 1.82) is 0 Å². The van der Waals surface area contributed by atoms with Crippen molar-refractivity contribution in [2.75, 3.05) is 19.0 Å². The van der Waals surface area contributed by atoms with Crippen LogP contribution in [0.5, 0.6) is 5.75 Å². The molecule has 108 valence electrons. The highest BCUT2D eigenvalue weighted by molar-refractivity contribution is 7.07. The minimum atomic E-state index is 0.801. The number of anilines is 1. The Balaban J connectivity index is 1.88. The minimum Gasteiger partial charge on any atom is -0.494 e. The number of aromatic nitrogens is 2. The maximum atomic E-state index is 5.39. The largest absolute Gasteiger partial charge is 0.494 e. The number of methoxy groups -OCH3 is 1. The molecule has 0 bridgehead atoms. The van der Waals surface area contributed by atoms with Crippen LogP contribution < -0.4 is 10.1 Å². The molecule has 0 aliphatic rings. The summed E-state index contributed by atoms with van der Waals surface area (Å²) in [5.41, 5.74) is 6.14. The molecule has 1 N–H and O–H groups in total. The van der Waals surface area contributed by atoms with Crippen LogP contribution >= 0.6 is 11.3 Å². The number of thiazole rings is 1. The molecule has 3 rings (SSSR count). The molecule has 0 saturated heterocycles. The van der Waals surface area contributed by atoms with Crippen molar-refractivity contribution < 1.29 is 4.74 Å². The van der Waals surface area contributed by atoms with E-state index in [0.29, 0.717) is 0 Å². The van der Waals surface area contributed by atoms with Crippen LogP contribution in [0.3, 0.4) is 0 Å². The first-order valence-corrected chi connectivity index (χ1v) is 7.77. The Hall–Kier alpha value is -2.14. The molecule has 4 nitrogen and oxygen atoms in total. The van der Waals surface area contributed by atoms with Crippen molar-refractivity contribution in [3.63, 3.8) is 0 Å². The molecule has 2 aromatic heterocycles. The van der Waals surface area contributed by atoms with Gasteiger partial charge in [0.25, 0.3) is 0 Å². The molecule has 0 amide bonds. The minimum absolute atomic E-state index is 0.801. The number of nitrogens with one attached hydrogen (secondary N) is 1. The van der Waals surface area contributed by atoms with Crippen LogP contribution in [0, 0.1) is 6.92 Å². The second-order valence-electron chi connectivity index (χ2n) is 4.83. The summed E-state index contributed by atoms with van der Waals surface area (Å²) in [5, 5.41) is 6.69. The van der Waals surface area contributed by atoms with Gasteiger partial charge < -0.3 is 10.1 Å². The van der Waals surface area contributed by atoms with E-state index in [2.05, 4.69) is 33.7 Å². The van der Waals surface area contributed by atoms with Crippen molar-refractivity contribution in [3.8, 4) is 5.75 Å².